The maximum absolute atomic E-state index is 10.1. The largest absolute Gasteiger partial charge is 0.508 e. The average molecular weight is 289 g/mol. The predicted molar refractivity (Wildman–Crippen MR) is 89.6 cm³/mol. The van der Waals surface area contributed by atoms with Gasteiger partial charge in [-0.05, 0) is 50.0 Å². The van der Waals surface area contributed by atoms with Crippen molar-refractivity contribution in [2.24, 2.45) is 10.8 Å². The van der Waals surface area contributed by atoms with E-state index in [1.165, 1.54) is 24.8 Å². The Hall–Kier alpha value is -1.02. The van der Waals surface area contributed by atoms with E-state index in [-0.39, 0.29) is 6.04 Å². The number of rotatable bonds is 3. The molecule has 0 heterocycles. The molecule has 2 N–H and O–H groups in total. The maximum atomic E-state index is 10.1. The summed E-state index contributed by atoms with van der Waals surface area (Å²) in [5.74, 6) is 0.398. The number of phenolic OH excluding ortho intramolecular Hbond substituents is 1. The summed E-state index contributed by atoms with van der Waals surface area (Å²) < 4.78 is 0. The molecule has 1 unspecified atom stereocenters. The molecule has 1 aromatic carbocycles. The minimum absolute atomic E-state index is 0.180. The number of nitrogens with one attached hydrogen (secondary N) is 1. The van der Waals surface area contributed by atoms with Gasteiger partial charge in [-0.15, -0.1) is 0 Å². The summed E-state index contributed by atoms with van der Waals surface area (Å²) in [4.78, 5) is 0. The number of benzene rings is 1. The lowest BCUT2D eigenvalue weighted by atomic mass is 9.63. The summed E-state index contributed by atoms with van der Waals surface area (Å²) in [6.45, 7) is 13.7. The van der Waals surface area contributed by atoms with Crippen LogP contribution in [0.3, 0.4) is 0 Å². The van der Waals surface area contributed by atoms with E-state index < -0.39 is 0 Å². The van der Waals surface area contributed by atoms with E-state index in [9.17, 15) is 5.11 Å². The van der Waals surface area contributed by atoms with Crippen molar-refractivity contribution >= 4 is 0 Å². The summed E-state index contributed by atoms with van der Waals surface area (Å²) >= 11 is 0. The van der Waals surface area contributed by atoms with E-state index >= 15 is 0 Å². The van der Waals surface area contributed by atoms with Gasteiger partial charge in [-0.3, -0.25) is 0 Å². The Labute approximate surface area is 130 Å². The minimum Gasteiger partial charge on any atom is -0.508 e. The summed E-state index contributed by atoms with van der Waals surface area (Å²) in [5, 5.41) is 13.9. The van der Waals surface area contributed by atoms with Crippen LogP contribution in [0.1, 0.15) is 71.0 Å². The van der Waals surface area contributed by atoms with Gasteiger partial charge in [-0.25, -0.2) is 0 Å². The first-order valence-electron chi connectivity index (χ1n) is 8.14. The van der Waals surface area contributed by atoms with Crippen LogP contribution in [0.5, 0.6) is 5.75 Å². The van der Waals surface area contributed by atoms with Crippen LogP contribution >= 0.6 is 0 Å². The van der Waals surface area contributed by atoms with Gasteiger partial charge in [0.15, 0.2) is 0 Å². The molecule has 21 heavy (non-hydrogen) atoms. The summed E-state index contributed by atoms with van der Waals surface area (Å²) in [5.41, 5.74) is 2.97. The van der Waals surface area contributed by atoms with Crippen molar-refractivity contribution in [3.05, 3.63) is 29.3 Å². The maximum Gasteiger partial charge on any atom is 0.120 e. The van der Waals surface area contributed by atoms with E-state index in [4.69, 9.17) is 0 Å². The molecular formula is C19H31NO. The fraction of sp³-hybridized carbons (Fsp3) is 0.684. The van der Waals surface area contributed by atoms with Crippen molar-refractivity contribution in [2.75, 3.05) is 0 Å². The fourth-order valence-electron chi connectivity index (χ4n) is 4.43. The van der Waals surface area contributed by atoms with Crippen LogP contribution in [0.25, 0.3) is 0 Å². The van der Waals surface area contributed by atoms with Gasteiger partial charge in [0.05, 0.1) is 0 Å². The normalized spacial score (nSPS) is 23.0. The Kier molecular flexibility index (Phi) is 4.39. The highest BCUT2D eigenvalue weighted by Crippen LogP contribution is 2.46. The Morgan fingerprint density at radius 1 is 1.14 bits per heavy atom. The summed E-state index contributed by atoms with van der Waals surface area (Å²) in [6.07, 6.45) is 3.68. The molecule has 1 aromatic rings. The van der Waals surface area contributed by atoms with Crippen molar-refractivity contribution < 1.29 is 5.11 Å². The first-order valence-corrected chi connectivity index (χ1v) is 8.14. The molecule has 1 aliphatic rings. The minimum atomic E-state index is 0.180. The van der Waals surface area contributed by atoms with Crippen molar-refractivity contribution in [1.29, 1.82) is 0 Å². The highest BCUT2D eigenvalue weighted by Gasteiger charge is 2.38. The monoisotopic (exact) mass is 289 g/mol. The van der Waals surface area contributed by atoms with Crippen LogP contribution < -0.4 is 5.32 Å². The molecule has 1 fully saturated rings. The second-order valence-electron chi connectivity index (χ2n) is 8.56. The third kappa shape index (κ3) is 4.23. The standard InChI is InChI=1S/C19H31NO/c1-13-7-8-17(21)16(9-13)14(2)20-15-10-18(3,4)12-19(5,6)11-15/h7-9,14-15,20-21H,10-12H2,1-6H3. The predicted octanol–water partition coefficient (Wildman–Crippen LogP) is 4.96. The highest BCUT2D eigenvalue weighted by molar-refractivity contribution is 5.37. The third-order valence-electron chi connectivity index (χ3n) is 4.69. The molecule has 2 rings (SSSR count). The van der Waals surface area contributed by atoms with Crippen LogP contribution in [-0.4, -0.2) is 11.1 Å². The molecule has 0 saturated heterocycles. The Bertz CT molecular complexity index is 488. The van der Waals surface area contributed by atoms with E-state index in [0.717, 1.165) is 5.56 Å². The SMILES string of the molecule is Cc1ccc(O)c(C(C)NC2CC(C)(C)CC(C)(C)C2)c1. The molecule has 1 saturated carbocycles. The van der Waals surface area contributed by atoms with E-state index in [1.54, 1.807) is 6.07 Å². The molecular weight excluding hydrogens is 258 g/mol. The van der Waals surface area contributed by atoms with Gasteiger partial charge in [0.1, 0.15) is 5.75 Å². The molecule has 2 heteroatoms. The van der Waals surface area contributed by atoms with Gasteiger partial charge in [0, 0.05) is 17.6 Å². The molecule has 118 valence electrons. The van der Waals surface area contributed by atoms with Gasteiger partial charge in [-0.1, -0.05) is 45.4 Å². The Morgan fingerprint density at radius 3 is 2.29 bits per heavy atom. The molecule has 0 spiro atoms. The smallest absolute Gasteiger partial charge is 0.120 e. The zero-order chi connectivity index (χ0) is 15.8. The van der Waals surface area contributed by atoms with Crippen LogP contribution in [-0.2, 0) is 0 Å². The Morgan fingerprint density at radius 2 is 1.71 bits per heavy atom. The average Bonchev–Trinajstić information content (AvgIpc) is 2.27. The number of aromatic hydroxyl groups is 1. The van der Waals surface area contributed by atoms with Crippen LogP contribution in [0.4, 0.5) is 0 Å². The van der Waals surface area contributed by atoms with Gasteiger partial charge in [0.25, 0.3) is 0 Å². The van der Waals surface area contributed by atoms with Gasteiger partial charge >= 0.3 is 0 Å². The van der Waals surface area contributed by atoms with Crippen molar-refractivity contribution in [3.8, 4) is 5.75 Å². The number of hydrogen-bond acceptors (Lipinski definition) is 2. The molecule has 0 aromatic heterocycles. The lowest BCUT2D eigenvalue weighted by Crippen LogP contribution is -2.44. The lowest BCUT2D eigenvalue weighted by Gasteiger charge is -2.46. The van der Waals surface area contributed by atoms with Crippen molar-refractivity contribution in [3.63, 3.8) is 0 Å². The highest BCUT2D eigenvalue weighted by atomic mass is 16.3. The number of phenols is 1. The van der Waals surface area contributed by atoms with E-state index in [2.05, 4.69) is 52.9 Å². The zero-order valence-electron chi connectivity index (χ0n) is 14.5. The fourth-order valence-corrected chi connectivity index (χ4v) is 4.43. The lowest BCUT2D eigenvalue weighted by molar-refractivity contribution is 0.0810. The molecule has 0 bridgehead atoms. The molecule has 2 nitrogen and oxygen atoms in total. The third-order valence-corrected chi connectivity index (χ3v) is 4.69. The number of hydrogen-bond donors (Lipinski definition) is 2. The van der Waals surface area contributed by atoms with Gasteiger partial charge in [-0.2, -0.15) is 0 Å². The van der Waals surface area contributed by atoms with Gasteiger partial charge in [0.2, 0.25) is 0 Å². The van der Waals surface area contributed by atoms with Crippen LogP contribution in [0.2, 0.25) is 0 Å². The van der Waals surface area contributed by atoms with E-state index in [0.29, 0.717) is 22.6 Å². The summed E-state index contributed by atoms with van der Waals surface area (Å²) in [6, 6.07) is 6.54. The molecule has 1 aliphatic carbocycles. The number of aryl methyl sites for hydroxylation is 1. The molecule has 0 amide bonds. The topological polar surface area (TPSA) is 32.3 Å². The van der Waals surface area contributed by atoms with Crippen molar-refractivity contribution in [1.82, 2.24) is 5.32 Å². The molecule has 0 aliphatic heterocycles. The Balaban J connectivity index is 2.12. The van der Waals surface area contributed by atoms with Crippen molar-refractivity contribution in [2.45, 2.75) is 72.9 Å². The molecule has 1 atom stereocenters. The second kappa shape index (κ2) is 5.64. The summed E-state index contributed by atoms with van der Waals surface area (Å²) in [7, 11) is 0. The van der Waals surface area contributed by atoms with Crippen LogP contribution in [0.15, 0.2) is 18.2 Å². The van der Waals surface area contributed by atoms with Gasteiger partial charge < -0.3 is 10.4 Å². The first-order chi connectivity index (χ1) is 9.58. The quantitative estimate of drug-likeness (QED) is 0.824. The second-order valence-corrected chi connectivity index (χ2v) is 8.56. The van der Waals surface area contributed by atoms with E-state index in [1.807, 2.05) is 6.07 Å². The zero-order valence-corrected chi connectivity index (χ0v) is 14.5. The first kappa shape index (κ1) is 16.4. The van der Waals surface area contributed by atoms with Crippen LogP contribution in [0, 0.1) is 17.8 Å². The molecule has 0 radical (unpaired) electrons.